The van der Waals surface area contributed by atoms with Gasteiger partial charge in [-0.15, -0.1) is 0 Å². The lowest BCUT2D eigenvalue weighted by Gasteiger charge is -2.07. The number of amides is 1. The highest BCUT2D eigenvalue weighted by atomic mass is 35.5. The summed E-state index contributed by atoms with van der Waals surface area (Å²) < 4.78 is 5.86. The molecule has 8 heteroatoms. The van der Waals surface area contributed by atoms with Crippen LogP contribution in [0.4, 0.5) is 0 Å². The minimum atomic E-state index is -0.445. The number of benzene rings is 3. The van der Waals surface area contributed by atoms with Crippen molar-refractivity contribution in [1.82, 2.24) is 15.6 Å². The third kappa shape index (κ3) is 5.35. The molecule has 4 aromatic rings. The predicted octanol–water partition coefficient (Wildman–Crippen LogP) is 5.73. The fourth-order valence-corrected chi connectivity index (χ4v) is 3.42. The minimum absolute atomic E-state index is 0.262. The van der Waals surface area contributed by atoms with Crippen molar-refractivity contribution in [3.63, 3.8) is 0 Å². The van der Waals surface area contributed by atoms with Gasteiger partial charge in [-0.2, -0.15) is 10.2 Å². The lowest BCUT2D eigenvalue weighted by atomic mass is 10.1. The Bertz CT molecular complexity index is 1240. The van der Waals surface area contributed by atoms with Crippen LogP contribution in [0.2, 0.25) is 10.0 Å². The Kier molecular flexibility index (Phi) is 6.84. The van der Waals surface area contributed by atoms with Gasteiger partial charge < -0.3 is 4.74 Å². The molecule has 0 bridgehead atoms. The van der Waals surface area contributed by atoms with Crippen LogP contribution in [-0.2, 0) is 6.61 Å². The van der Waals surface area contributed by atoms with Gasteiger partial charge in [-0.25, -0.2) is 5.43 Å². The first-order chi connectivity index (χ1) is 15.6. The maximum atomic E-state index is 12.4. The molecule has 0 saturated heterocycles. The average molecular weight is 465 g/mol. The summed E-state index contributed by atoms with van der Waals surface area (Å²) in [4.78, 5) is 12.4. The Morgan fingerprint density at radius 1 is 1.00 bits per heavy atom. The molecule has 1 amide bonds. The second-order valence-electron chi connectivity index (χ2n) is 6.80. The maximum Gasteiger partial charge on any atom is 0.289 e. The van der Waals surface area contributed by atoms with E-state index < -0.39 is 5.91 Å². The van der Waals surface area contributed by atoms with Crippen molar-refractivity contribution < 1.29 is 9.53 Å². The number of hydrogen-bond acceptors (Lipinski definition) is 4. The van der Waals surface area contributed by atoms with Crippen molar-refractivity contribution >= 4 is 35.3 Å². The van der Waals surface area contributed by atoms with Gasteiger partial charge >= 0.3 is 0 Å². The molecular formula is C24H18Cl2N4O2. The average Bonchev–Trinajstić information content (AvgIpc) is 3.31. The third-order valence-corrected chi connectivity index (χ3v) is 5.22. The van der Waals surface area contributed by atoms with E-state index in [2.05, 4.69) is 20.7 Å². The highest BCUT2D eigenvalue weighted by Gasteiger charge is 2.11. The van der Waals surface area contributed by atoms with Crippen LogP contribution >= 0.6 is 23.2 Å². The quantitative estimate of drug-likeness (QED) is 0.270. The number of rotatable bonds is 7. The van der Waals surface area contributed by atoms with Crippen LogP contribution in [0.15, 0.2) is 84.0 Å². The van der Waals surface area contributed by atoms with E-state index in [1.54, 1.807) is 24.3 Å². The molecule has 0 aliphatic heterocycles. The van der Waals surface area contributed by atoms with Gasteiger partial charge in [-0.1, -0.05) is 71.7 Å². The zero-order valence-corrected chi connectivity index (χ0v) is 18.3. The van der Waals surface area contributed by atoms with Crippen LogP contribution in [0.25, 0.3) is 11.3 Å². The fraction of sp³-hybridized carbons (Fsp3) is 0.0417. The summed E-state index contributed by atoms with van der Waals surface area (Å²) in [6.45, 7) is 0.464. The summed E-state index contributed by atoms with van der Waals surface area (Å²) in [5.74, 6) is 0.265. The topological polar surface area (TPSA) is 79.4 Å². The standard InChI is InChI=1S/C24H18Cl2N4O2/c25-20-10-5-11-21(26)19(20)14-27-30-24(31)23-13-22(28-29-23)17-8-4-9-18(12-17)32-15-16-6-2-1-3-7-16/h1-14H,15H2,(H,28,29)(H,30,31)/b27-14-. The Morgan fingerprint density at radius 3 is 2.53 bits per heavy atom. The summed E-state index contributed by atoms with van der Waals surface area (Å²) in [7, 11) is 0. The Hall–Kier alpha value is -3.61. The first kappa shape index (κ1) is 21.6. The van der Waals surface area contributed by atoms with E-state index >= 15 is 0 Å². The van der Waals surface area contributed by atoms with Crippen molar-refractivity contribution in [2.75, 3.05) is 0 Å². The Labute approximate surface area is 194 Å². The number of carbonyl (C=O) groups excluding carboxylic acids is 1. The maximum absolute atomic E-state index is 12.4. The molecule has 0 saturated carbocycles. The molecule has 0 aliphatic rings. The van der Waals surface area contributed by atoms with Crippen molar-refractivity contribution in [3.8, 4) is 17.0 Å². The summed E-state index contributed by atoms with van der Waals surface area (Å²) >= 11 is 12.2. The van der Waals surface area contributed by atoms with Crippen molar-refractivity contribution in [3.05, 3.63) is 106 Å². The van der Waals surface area contributed by atoms with Gasteiger partial charge in [0.05, 0.1) is 22.0 Å². The lowest BCUT2D eigenvalue weighted by Crippen LogP contribution is -2.18. The van der Waals surface area contributed by atoms with Crippen LogP contribution < -0.4 is 10.2 Å². The molecule has 160 valence electrons. The van der Waals surface area contributed by atoms with Crippen molar-refractivity contribution in [2.45, 2.75) is 6.61 Å². The molecule has 0 spiro atoms. The van der Waals surface area contributed by atoms with Gasteiger partial charge in [0.25, 0.3) is 5.91 Å². The number of ether oxygens (including phenoxy) is 1. The predicted molar refractivity (Wildman–Crippen MR) is 126 cm³/mol. The molecule has 0 aliphatic carbocycles. The molecule has 0 fully saturated rings. The van der Waals surface area contributed by atoms with Crippen LogP contribution in [-0.4, -0.2) is 22.3 Å². The number of H-pyrrole nitrogens is 1. The monoisotopic (exact) mass is 464 g/mol. The molecule has 1 heterocycles. The number of nitrogens with zero attached hydrogens (tertiary/aromatic N) is 2. The largest absolute Gasteiger partial charge is 0.489 e. The second kappa shape index (κ2) is 10.1. The van der Waals surface area contributed by atoms with Gasteiger partial charge in [-0.3, -0.25) is 9.89 Å². The van der Waals surface area contributed by atoms with Gasteiger partial charge in [0.15, 0.2) is 0 Å². The molecule has 1 aromatic heterocycles. The van der Waals surface area contributed by atoms with Gasteiger partial charge in [-0.05, 0) is 35.9 Å². The van der Waals surface area contributed by atoms with Gasteiger partial charge in [0, 0.05) is 11.1 Å². The molecule has 32 heavy (non-hydrogen) atoms. The number of aromatic amines is 1. The van der Waals surface area contributed by atoms with Crippen LogP contribution in [0, 0.1) is 0 Å². The zero-order valence-electron chi connectivity index (χ0n) is 16.8. The smallest absolute Gasteiger partial charge is 0.289 e. The molecule has 6 nitrogen and oxygen atoms in total. The van der Waals surface area contributed by atoms with Gasteiger partial charge in [0.1, 0.15) is 18.1 Å². The van der Waals surface area contributed by atoms with E-state index in [4.69, 9.17) is 27.9 Å². The first-order valence-electron chi connectivity index (χ1n) is 9.70. The Balaban J connectivity index is 1.41. The summed E-state index contributed by atoms with van der Waals surface area (Å²) in [5.41, 5.74) is 5.72. The lowest BCUT2D eigenvalue weighted by molar-refractivity contribution is 0.0950. The molecule has 2 N–H and O–H groups in total. The fourth-order valence-electron chi connectivity index (χ4n) is 2.92. The molecule has 4 rings (SSSR count). The SMILES string of the molecule is O=C(N/N=C\c1c(Cl)cccc1Cl)c1cc(-c2cccc(OCc3ccccc3)c2)n[nH]1. The number of nitrogens with one attached hydrogen (secondary N) is 2. The highest BCUT2D eigenvalue weighted by Crippen LogP contribution is 2.24. The number of hydrazone groups is 1. The van der Waals surface area contributed by atoms with E-state index in [1.807, 2.05) is 54.6 Å². The van der Waals surface area contributed by atoms with E-state index in [9.17, 15) is 4.79 Å². The summed E-state index contributed by atoms with van der Waals surface area (Å²) in [6.07, 6.45) is 1.40. The molecule has 0 radical (unpaired) electrons. The highest BCUT2D eigenvalue weighted by molar-refractivity contribution is 6.38. The summed E-state index contributed by atoms with van der Waals surface area (Å²) in [5, 5.41) is 11.8. The van der Waals surface area contributed by atoms with E-state index in [0.29, 0.717) is 33.7 Å². The number of halogens is 2. The van der Waals surface area contributed by atoms with Crippen LogP contribution in [0.5, 0.6) is 5.75 Å². The number of aromatic nitrogens is 2. The molecule has 0 unspecified atom stereocenters. The van der Waals surface area contributed by atoms with Crippen molar-refractivity contribution in [2.24, 2.45) is 5.10 Å². The molecular weight excluding hydrogens is 447 g/mol. The van der Waals surface area contributed by atoms with Crippen molar-refractivity contribution in [1.29, 1.82) is 0 Å². The van der Waals surface area contributed by atoms with E-state index in [-0.39, 0.29) is 5.69 Å². The zero-order chi connectivity index (χ0) is 22.3. The first-order valence-corrected chi connectivity index (χ1v) is 10.5. The van der Waals surface area contributed by atoms with E-state index in [0.717, 1.165) is 11.1 Å². The minimum Gasteiger partial charge on any atom is -0.489 e. The number of carbonyl (C=O) groups is 1. The van der Waals surface area contributed by atoms with Crippen LogP contribution in [0.1, 0.15) is 21.6 Å². The van der Waals surface area contributed by atoms with E-state index in [1.165, 1.54) is 6.21 Å². The number of hydrogen-bond donors (Lipinski definition) is 2. The molecule has 3 aromatic carbocycles. The summed E-state index contributed by atoms with van der Waals surface area (Å²) in [6, 6.07) is 24.2. The Morgan fingerprint density at radius 2 is 1.75 bits per heavy atom. The molecule has 0 atom stereocenters. The normalized spacial score (nSPS) is 10.9. The third-order valence-electron chi connectivity index (χ3n) is 4.56. The second-order valence-corrected chi connectivity index (χ2v) is 7.62. The van der Waals surface area contributed by atoms with Gasteiger partial charge in [0.2, 0.25) is 0 Å². The van der Waals surface area contributed by atoms with Crippen LogP contribution in [0.3, 0.4) is 0 Å².